The Hall–Kier alpha value is -2.14. The molecule has 0 saturated carbocycles. The van der Waals surface area contributed by atoms with Crippen molar-refractivity contribution in [3.05, 3.63) is 40.8 Å². The topological polar surface area (TPSA) is 79.4 Å². The van der Waals surface area contributed by atoms with E-state index >= 15 is 0 Å². The van der Waals surface area contributed by atoms with E-state index in [9.17, 15) is 26.4 Å². The number of nitrogens with one attached hydrogen (secondary N) is 1. The van der Waals surface area contributed by atoms with Gasteiger partial charge in [0.1, 0.15) is 0 Å². The molecular weight excluding hydrogens is 379 g/mol. The predicted molar refractivity (Wildman–Crippen MR) is 84.5 cm³/mol. The third-order valence-electron chi connectivity index (χ3n) is 3.72. The van der Waals surface area contributed by atoms with Crippen molar-refractivity contribution in [3.63, 3.8) is 0 Å². The van der Waals surface area contributed by atoms with Crippen LogP contribution in [-0.2, 0) is 27.8 Å². The monoisotopic (exact) mass is 391 g/mol. The summed E-state index contributed by atoms with van der Waals surface area (Å²) < 4.78 is 69.0. The van der Waals surface area contributed by atoms with Crippen LogP contribution < -0.4 is 4.72 Å². The molecule has 25 heavy (non-hydrogen) atoms. The fourth-order valence-corrected chi connectivity index (χ4v) is 4.48. The van der Waals surface area contributed by atoms with E-state index in [1.54, 1.807) is 5.38 Å². The van der Waals surface area contributed by atoms with E-state index in [0.717, 1.165) is 11.5 Å². The van der Waals surface area contributed by atoms with Crippen LogP contribution in [-0.4, -0.2) is 36.3 Å². The summed E-state index contributed by atoms with van der Waals surface area (Å²) >= 11 is 1.08. The normalized spacial score (nSPS) is 14.9. The van der Waals surface area contributed by atoms with Gasteiger partial charge in [-0.3, -0.25) is 9.52 Å². The van der Waals surface area contributed by atoms with Crippen LogP contribution in [0.25, 0.3) is 0 Å². The fourth-order valence-electron chi connectivity index (χ4n) is 2.64. The maximum absolute atomic E-state index is 12.6. The second kappa shape index (κ2) is 6.30. The Kier molecular flexibility index (Phi) is 4.45. The zero-order valence-electron chi connectivity index (χ0n) is 12.6. The highest BCUT2D eigenvalue weighted by atomic mass is 32.2. The third-order valence-corrected chi connectivity index (χ3v) is 5.72. The van der Waals surface area contributed by atoms with Gasteiger partial charge in [-0.1, -0.05) is 12.1 Å². The van der Waals surface area contributed by atoms with Gasteiger partial charge in [0.15, 0.2) is 5.82 Å². The minimum absolute atomic E-state index is 0.0166. The van der Waals surface area contributed by atoms with Crippen LogP contribution in [0.15, 0.2) is 34.5 Å². The highest BCUT2D eigenvalue weighted by molar-refractivity contribution is 7.92. The molecule has 1 aliphatic rings. The Balaban J connectivity index is 1.90. The number of hydrogen-bond acceptors (Lipinski definition) is 5. The molecule has 0 bridgehead atoms. The van der Waals surface area contributed by atoms with Gasteiger partial charge in [-0.05, 0) is 41.2 Å². The smallest absolute Gasteiger partial charge is 0.330 e. The number of alkyl halides is 3. The number of aromatic nitrogens is 1. The molecule has 134 valence electrons. The Morgan fingerprint density at radius 1 is 1.28 bits per heavy atom. The summed E-state index contributed by atoms with van der Waals surface area (Å²) in [5.74, 6) is -1.75. The van der Waals surface area contributed by atoms with Gasteiger partial charge in [-0.15, -0.1) is 0 Å². The number of fused-ring (bicyclic) bond motifs is 1. The zero-order chi connectivity index (χ0) is 18.2. The molecule has 1 aromatic heterocycles. The molecule has 2 aromatic rings. The van der Waals surface area contributed by atoms with Crippen LogP contribution in [0.3, 0.4) is 0 Å². The van der Waals surface area contributed by atoms with E-state index in [1.165, 1.54) is 24.3 Å². The van der Waals surface area contributed by atoms with E-state index in [1.807, 2.05) is 0 Å². The molecule has 1 amide bonds. The number of nitrogens with zero attached hydrogens (tertiary/aromatic N) is 2. The van der Waals surface area contributed by atoms with Crippen molar-refractivity contribution in [2.45, 2.75) is 24.0 Å². The molecule has 1 aliphatic heterocycles. The molecule has 3 rings (SSSR count). The molecule has 0 atom stereocenters. The number of anilines is 1. The van der Waals surface area contributed by atoms with Crippen LogP contribution in [0.5, 0.6) is 0 Å². The van der Waals surface area contributed by atoms with E-state index in [0.29, 0.717) is 16.0 Å². The van der Waals surface area contributed by atoms with Crippen molar-refractivity contribution in [1.29, 1.82) is 0 Å². The quantitative estimate of drug-likeness (QED) is 0.871. The largest absolute Gasteiger partial charge is 0.471 e. The summed E-state index contributed by atoms with van der Waals surface area (Å²) in [7, 11) is -3.92. The SMILES string of the molecule is O=C(N1CCc2c(cccc2S(=O)(=O)Nc2ccsn2)C1)C(F)(F)F. The number of amides is 1. The van der Waals surface area contributed by atoms with E-state index in [-0.39, 0.29) is 30.2 Å². The average Bonchev–Trinajstić information content (AvgIpc) is 3.04. The van der Waals surface area contributed by atoms with E-state index in [2.05, 4.69) is 9.10 Å². The molecule has 0 aliphatic carbocycles. The molecule has 11 heteroatoms. The standard InChI is InChI=1S/C14H12F3N3O3S2/c15-14(16,17)13(21)20-6-4-10-9(8-20)2-1-3-11(10)25(22,23)19-12-5-7-24-18-12/h1-3,5,7H,4,6,8H2,(H,18,19). The van der Waals surface area contributed by atoms with Crippen LogP contribution >= 0.6 is 11.5 Å². The lowest BCUT2D eigenvalue weighted by molar-refractivity contribution is -0.186. The zero-order valence-corrected chi connectivity index (χ0v) is 14.2. The highest BCUT2D eigenvalue weighted by Gasteiger charge is 2.43. The van der Waals surface area contributed by atoms with Crippen molar-refractivity contribution >= 4 is 33.3 Å². The van der Waals surface area contributed by atoms with Crippen molar-refractivity contribution in [1.82, 2.24) is 9.27 Å². The second-order valence-corrected chi connectivity index (χ2v) is 7.67. The van der Waals surface area contributed by atoms with Crippen molar-refractivity contribution in [2.24, 2.45) is 0 Å². The van der Waals surface area contributed by atoms with E-state index < -0.39 is 22.1 Å². The first-order chi connectivity index (χ1) is 11.7. The van der Waals surface area contributed by atoms with Crippen LogP contribution in [0.2, 0.25) is 0 Å². The summed E-state index contributed by atoms with van der Waals surface area (Å²) in [4.78, 5) is 12.0. The van der Waals surface area contributed by atoms with Crippen molar-refractivity contribution in [2.75, 3.05) is 11.3 Å². The number of rotatable bonds is 3. The van der Waals surface area contributed by atoms with Gasteiger partial charge < -0.3 is 4.90 Å². The Bertz CT molecular complexity index is 896. The number of sulfonamides is 1. The van der Waals surface area contributed by atoms with Crippen LogP contribution in [0.1, 0.15) is 11.1 Å². The van der Waals surface area contributed by atoms with Gasteiger partial charge in [-0.25, -0.2) is 8.42 Å². The Morgan fingerprint density at radius 2 is 2.04 bits per heavy atom. The van der Waals surface area contributed by atoms with Crippen molar-refractivity contribution < 1.29 is 26.4 Å². The van der Waals surface area contributed by atoms with Crippen molar-refractivity contribution in [3.8, 4) is 0 Å². The first-order valence-corrected chi connectivity index (χ1v) is 9.40. The second-order valence-electron chi connectivity index (χ2n) is 5.36. The Labute approximate surface area is 145 Å². The molecular formula is C14H12F3N3O3S2. The summed E-state index contributed by atoms with van der Waals surface area (Å²) in [5.41, 5.74) is 0.793. The van der Waals surface area contributed by atoms with Gasteiger partial charge in [0.2, 0.25) is 0 Å². The highest BCUT2D eigenvalue weighted by Crippen LogP contribution is 2.29. The summed E-state index contributed by atoms with van der Waals surface area (Å²) in [6, 6.07) is 5.85. The first kappa shape index (κ1) is 17.7. The molecule has 6 nitrogen and oxygen atoms in total. The molecule has 0 unspecified atom stereocenters. The third kappa shape index (κ3) is 3.61. The predicted octanol–water partition coefficient (Wildman–Crippen LogP) is 2.39. The number of hydrogen-bond donors (Lipinski definition) is 1. The molecule has 1 aromatic carbocycles. The number of carbonyl (C=O) groups is 1. The molecule has 2 heterocycles. The fraction of sp³-hybridized carbons (Fsp3) is 0.286. The lowest BCUT2D eigenvalue weighted by atomic mass is 9.99. The minimum Gasteiger partial charge on any atom is -0.330 e. The molecule has 1 N–H and O–H groups in total. The minimum atomic E-state index is -4.95. The van der Waals surface area contributed by atoms with Gasteiger partial charge in [0.25, 0.3) is 10.0 Å². The molecule has 0 saturated heterocycles. The lowest BCUT2D eigenvalue weighted by Gasteiger charge is -2.30. The molecule has 0 spiro atoms. The number of benzene rings is 1. The van der Waals surface area contributed by atoms with Crippen LogP contribution in [0.4, 0.5) is 19.0 Å². The maximum Gasteiger partial charge on any atom is 0.471 e. The first-order valence-electron chi connectivity index (χ1n) is 7.08. The van der Waals surface area contributed by atoms with Gasteiger partial charge >= 0.3 is 12.1 Å². The van der Waals surface area contributed by atoms with Gasteiger partial charge in [0, 0.05) is 18.5 Å². The summed E-state index contributed by atoms with van der Waals surface area (Å²) in [6.45, 7) is -0.484. The average molecular weight is 391 g/mol. The van der Waals surface area contributed by atoms with Gasteiger partial charge in [-0.2, -0.15) is 17.5 Å². The van der Waals surface area contributed by atoms with Crippen LogP contribution in [0, 0.1) is 0 Å². The van der Waals surface area contributed by atoms with Gasteiger partial charge in [0.05, 0.1) is 4.90 Å². The van der Waals surface area contributed by atoms with E-state index in [4.69, 9.17) is 0 Å². The number of halogens is 3. The Morgan fingerprint density at radius 3 is 2.68 bits per heavy atom. The summed E-state index contributed by atoms with van der Waals surface area (Å²) in [6.07, 6.45) is -4.93. The molecule has 0 radical (unpaired) electrons. The number of carbonyl (C=O) groups excluding carboxylic acids is 1. The summed E-state index contributed by atoms with van der Waals surface area (Å²) in [5, 5.41) is 1.61. The molecule has 0 fully saturated rings. The lowest BCUT2D eigenvalue weighted by Crippen LogP contribution is -2.44. The maximum atomic E-state index is 12.6.